The van der Waals surface area contributed by atoms with Crippen molar-refractivity contribution in [1.82, 2.24) is 34.7 Å². The summed E-state index contributed by atoms with van der Waals surface area (Å²) in [6, 6.07) is 7.18. The van der Waals surface area contributed by atoms with Crippen LogP contribution in [0.4, 0.5) is 8.78 Å². The van der Waals surface area contributed by atoms with E-state index in [0.717, 1.165) is 18.2 Å². The average Bonchev–Trinajstić information content (AvgIpc) is 3.42. The second-order valence-electron chi connectivity index (χ2n) is 10.5. The van der Waals surface area contributed by atoms with Gasteiger partial charge in [-0.2, -0.15) is 10.2 Å². The molecule has 0 unspecified atom stereocenters. The summed E-state index contributed by atoms with van der Waals surface area (Å²) < 4.78 is 56.0. The first-order chi connectivity index (χ1) is 18.4. The zero-order valence-electron chi connectivity index (χ0n) is 22.3. The number of benzene rings is 1. The minimum absolute atomic E-state index is 0.00501. The van der Waals surface area contributed by atoms with Gasteiger partial charge in [0, 0.05) is 12.4 Å². The van der Waals surface area contributed by atoms with Crippen LogP contribution in [0.15, 0.2) is 48.9 Å². The molecule has 0 saturated carbocycles. The van der Waals surface area contributed by atoms with Crippen molar-refractivity contribution < 1.29 is 17.2 Å². The quantitative estimate of drug-likeness (QED) is 0.363. The predicted molar refractivity (Wildman–Crippen MR) is 141 cm³/mol. The Balaban J connectivity index is 1.59. The molecule has 0 amide bonds. The average molecular weight is 554 g/mol. The molecule has 1 aliphatic rings. The summed E-state index contributed by atoms with van der Waals surface area (Å²) in [5.41, 5.74) is 1.53. The van der Waals surface area contributed by atoms with Gasteiger partial charge in [-0.15, -0.1) is 5.10 Å². The third-order valence-corrected chi connectivity index (χ3v) is 8.66. The Labute approximate surface area is 225 Å². The van der Waals surface area contributed by atoms with Crippen molar-refractivity contribution in [2.45, 2.75) is 52.0 Å². The second-order valence-corrected chi connectivity index (χ2v) is 12.4. The fourth-order valence-corrected chi connectivity index (χ4v) is 6.05. The van der Waals surface area contributed by atoms with Crippen molar-refractivity contribution in [1.29, 1.82) is 0 Å². The van der Waals surface area contributed by atoms with E-state index in [9.17, 15) is 17.2 Å². The number of sulfonamides is 1. The molecule has 1 N–H and O–H groups in total. The van der Waals surface area contributed by atoms with E-state index < -0.39 is 32.5 Å². The highest BCUT2D eigenvalue weighted by Gasteiger charge is 2.58. The Bertz CT molecular complexity index is 1650. The number of hydrogen-bond donors (Lipinski definition) is 1. The van der Waals surface area contributed by atoms with Gasteiger partial charge in [0.25, 0.3) is 0 Å². The molecule has 0 saturated heterocycles. The maximum absolute atomic E-state index is 14.6. The molecule has 3 aromatic heterocycles. The lowest BCUT2D eigenvalue weighted by molar-refractivity contribution is 0.188. The monoisotopic (exact) mass is 553 g/mol. The summed E-state index contributed by atoms with van der Waals surface area (Å²) >= 11 is 0. The van der Waals surface area contributed by atoms with Crippen molar-refractivity contribution >= 4 is 10.0 Å². The molecule has 12 heteroatoms. The number of rotatable bonds is 7. The number of nitrogens with one attached hydrogen (secondary N) is 1. The van der Waals surface area contributed by atoms with Gasteiger partial charge in [-0.1, -0.05) is 26.8 Å². The van der Waals surface area contributed by atoms with Crippen LogP contribution in [0, 0.1) is 17.0 Å². The van der Waals surface area contributed by atoms with E-state index in [1.54, 1.807) is 30.7 Å². The molecule has 0 radical (unpaired) electrons. The van der Waals surface area contributed by atoms with Gasteiger partial charge in [0.1, 0.15) is 11.6 Å². The van der Waals surface area contributed by atoms with Gasteiger partial charge in [-0.25, -0.2) is 31.6 Å². The van der Waals surface area contributed by atoms with Crippen LogP contribution < -0.4 is 4.72 Å². The van der Waals surface area contributed by atoms with E-state index in [4.69, 9.17) is 4.98 Å². The van der Waals surface area contributed by atoms with Crippen LogP contribution in [0.3, 0.4) is 0 Å². The summed E-state index contributed by atoms with van der Waals surface area (Å²) in [6.45, 7) is 8.42. The Morgan fingerprint density at radius 2 is 1.79 bits per heavy atom. The first-order valence-electron chi connectivity index (χ1n) is 12.5. The highest BCUT2D eigenvalue weighted by Crippen LogP contribution is 2.61. The molecule has 204 valence electrons. The summed E-state index contributed by atoms with van der Waals surface area (Å²) in [4.78, 5) is 9.34. The number of hydrogen-bond acceptors (Lipinski definition) is 7. The summed E-state index contributed by atoms with van der Waals surface area (Å²) in [5.74, 6) is -0.928. The minimum Gasteiger partial charge on any atom is -0.259 e. The normalized spacial score (nSPS) is 20.2. The van der Waals surface area contributed by atoms with Gasteiger partial charge in [0.2, 0.25) is 10.0 Å². The highest BCUT2D eigenvalue weighted by atomic mass is 32.2. The molecule has 39 heavy (non-hydrogen) atoms. The van der Waals surface area contributed by atoms with Gasteiger partial charge >= 0.3 is 0 Å². The van der Waals surface area contributed by atoms with E-state index in [1.807, 2.05) is 6.92 Å². The molecule has 0 fully saturated rings. The maximum Gasteiger partial charge on any atom is 0.209 e. The van der Waals surface area contributed by atoms with Crippen LogP contribution in [0.1, 0.15) is 62.7 Å². The Kier molecular flexibility index (Phi) is 6.58. The largest absolute Gasteiger partial charge is 0.259 e. The maximum atomic E-state index is 14.6. The van der Waals surface area contributed by atoms with E-state index >= 15 is 0 Å². The van der Waals surface area contributed by atoms with Crippen LogP contribution >= 0.6 is 0 Å². The summed E-state index contributed by atoms with van der Waals surface area (Å²) in [6.07, 6.45) is 6.80. The van der Waals surface area contributed by atoms with Gasteiger partial charge < -0.3 is 0 Å². The first-order valence-corrected chi connectivity index (χ1v) is 14.4. The molecule has 0 aliphatic heterocycles. The molecule has 4 aromatic rings. The van der Waals surface area contributed by atoms with Gasteiger partial charge in [0.05, 0.1) is 52.8 Å². The molecular formula is C27H29F2N7O2S. The van der Waals surface area contributed by atoms with Crippen LogP contribution in [0.5, 0.6) is 0 Å². The fraction of sp³-hybridized carbons (Fsp3) is 0.370. The number of aromatic nitrogens is 6. The predicted octanol–water partition coefficient (Wildman–Crippen LogP) is 4.29. The fourth-order valence-electron chi connectivity index (χ4n) is 5.64. The molecule has 3 heterocycles. The molecule has 1 aliphatic carbocycles. The third-order valence-electron chi connectivity index (χ3n) is 7.99. The van der Waals surface area contributed by atoms with Crippen molar-refractivity contribution in [3.63, 3.8) is 0 Å². The standard InChI is InChI=1S/C27H29F2N7O2S/c1-6-18-17-12-21(24-19(28)8-7-9-20(24)29)33-34-25(17)27(4,26(18,2)3)22-14-30-15-23(32-22)36-11-10-16(35-36)13-31-39(5,37)38/h7-12,14-15,18,31H,6,13H2,1-5H3/t18-,27-/m0/s1. The number of nitrogens with zero attached hydrogens (tertiary/aromatic N) is 6. The van der Waals surface area contributed by atoms with Crippen molar-refractivity contribution in [2.75, 3.05) is 6.26 Å². The summed E-state index contributed by atoms with van der Waals surface area (Å²) in [7, 11) is -3.36. The van der Waals surface area contributed by atoms with Crippen molar-refractivity contribution in [3.05, 3.63) is 83.2 Å². The minimum atomic E-state index is -3.36. The Morgan fingerprint density at radius 3 is 2.46 bits per heavy atom. The van der Waals surface area contributed by atoms with Gasteiger partial charge in [-0.3, -0.25) is 4.98 Å². The summed E-state index contributed by atoms with van der Waals surface area (Å²) in [5, 5.41) is 13.3. The molecule has 9 nitrogen and oxygen atoms in total. The SMILES string of the molecule is CC[C@H]1c2cc(-c3c(F)cccc3F)nnc2[C@](C)(c2cncc(-n3ccc(CNS(C)(=O)=O)n3)n2)C1(C)C. The molecule has 0 bridgehead atoms. The van der Waals surface area contributed by atoms with Crippen LogP contribution in [-0.4, -0.2) is 44.6 Å². The van der Waals surface area contributed by atoms with E-state index in [-0.39, 0.29) is 23.7 Å². The van der Waals surface area contributed by atoms with Crippen LogP contribution in [0.2, 0.25) is 0 Å². The van der Waals surface area contributed by atoms with E-state index in [2.05, 4.69) is 45.8 Å². The highest BCUT2D eigenvalue weighted by molar-refractivity contribution is 7.88. The van der Waals surface area contributed by atoms with Gasteiger partial charge in [0.15, 0.2) is 5.82 Å². The lowest BCUT2D eigenvalue weighted by Gasteiger charge is -2.40. The van der Waals surface area contributed by atoms with Gasteiger partial charge in [-0.05, 0) is 54.5 Å². The molecule has 0 spiro atoms. The topological polar surface area (TPSA) is 116 Å². The Morgan fingerprint density at radius 1 is 1.08 bits per heavy atom. The number of fused-ring (bicyclic) bond motifs is 1. The second kappa shape index (κ2) is 9.53. The molecular weight excluding hydrogens is 524 g/mol. The van der Waals surface area contributed by atoms with Crippen molar-refractivity contribution in [2.24, 2.45) is 5.41 Å². The lowest BCUT2D eigenvalue weighted by atomic mass is 9.62. The molecule has 2 atom stereocenters. The zero-order chi connectivity index (χ0) is 28.2. The number of halogens is 2. The third kappa shape index (κ3) is 4.51. The lowest BCUT2D eigenvalue weighted by Crippen LogP contribution is -2.40. The van der Waals surface area contributed by atoms with E-state index in [0.29, 0.717) is 22.9 Å². The Hall–Kier alpha value is -3.64. The molecule has 5 rings (SSSR count). The van der Waals surface area contributed by atoms with E-state index in [1.165, 1.54) is 22.9 Å². The zero-order valence-corrected chi connectivity index (χ0v) is 23.1. The van der Waals surface area contributed by atoms with Crippen LogP contribution in [0.25, 0.3) is 17.1 Å². The van der Waals surface area contributed by atoms with Crippen molar-refractivity contribution in [3.8, 4) is 17.1 Å². The first kappa shape index (κ1) is 26.9. The van der Waals surface area contributed by atoms with Crippen LogP contribution in [-0.2, 0) is 22.0 Å². The molecule has 1 aromatic carbocycles. The smallest absolute Gasteiger partial charge is 0.209 e.